The van der Waals surface area contributed by atoms with Crippen LogP contribution >= 0.6 is 23.2 Å². The number of ether oxygens (including phenoxy) is 1. The fraction of sp³-hybridized carbons (Fsp3) is 0.136. The number of hydrogen-bond acceptors (Lipinski definition) is 4. The van der Waals surface area contributed by atoms with Crippen molar-refractivity contribution in [1.82, 2.24) is 0 Å². The number of benzene rings is 3. The van der Waals surface area contributed by atoms with Crippen LogP contribution in [0.25, 0.3) is 0 Å². The Labute approximate surface area is 191 Å². The van der Waals surface area contributed by atoms with Crippen molar-refractivity contribution in [2.45, 2.75) is 11.8 Å². The smallest absolute Gasteiger partial charge is 0.264 e. The second-order valence-corrected chi connectivity index (χ2v) is 9.35. The Hall–Kier alpha value is -2.74. The van der Waals surface area contributed by atoms with E-state index in [1.165, 1.54) is 31.4 Å². The summed E-state index contributed by atoms with van der Waals surface area (Å²) in [5.41, 5.74) is 1.52. The highest BCUT2D eigenvalue weighted by atomic mass is 35.5. The standard InChI is InChI=1S/C22H20Cl2N2O4S/c1-15-7-10-17(11-8-15)31(28,29)26(16-9-12-21(30-2)19(24)13-16)14-22(27)25-20-6-4-3-5-18(20)23/h3-13H,14H2,1-2H3,(H,25,27). The van der Waals surface area contributed by atoms with Crippen molar-refractivity contribution < 1.29 is 17.9 Å². The second-order valence-electron chi connectivity index (χ2n) is 6.67. The maximum atomic E-state index is 13.4. The minimum Gasteiger partial charge on any atom is -0.495 e. The van der Waals surface area contributed by atoms with Gasteiger partial charge in [-0.3, -0.25) is 9.10 Å². The molecule has 0 unspecified atom stereocenters. The van der Waals surface area contributed by atoms with Gasteiger partial charge in [0.1, 0.15) is 12.3 Å². The number of rotatable bonds is 7. The summed E-state index contributed by atoms with van der Waals surface area (Å²) in [5, 5.41) is 3.21. The average molecular weight is 479 g/mol. The molecule has 0 saturated carbocycles. The fourth-order valence-corrected chi connectivity index (χ4v) is 4.69. The van der Waals surface area contributed by atoms with Crippen molar-refractivity contribution in [2.75, 3.05) is 23.3 Å². The van der Waals surface area contributed by atoms with Crippen LogP contribution in [0.5, 0.6) is 5.75 Å². The number of nitrogens with one attached hydrogen (secondary N) is 1. The number of para-hydroxylation sites is 1. The molecule has 9 heteroatoms. The number of aryl methyl sites for hydroxylation is 1. The second kappa shape index (κ2) is 9.60. The first-order valence-corrected chi connectivity index (χ1v) is 11.4. The molecule has 0 radical (unpaired) electrons. The number of carbonyl (C=O) groups is 1. The summed E-state index contributed by atoms with van der Waals surface area (Å²) in [5.74, 6) is -0.172. The molecule has 0 atom stereocenters. The summed E-state index contributed by atoms with van der Waals surface area (Å²) < 4.78 is 33.0. The molecule has 0 spiro atoms. The van der Waals surface area contributed by atoms with Crippen LogP contribution in [0.2, 0.25) is 10.0 Å². The molecule has 162 valence electrons. The summed E-state index contributed by atoms with van der Waals surface area (Å²) in [6, 6.07) is 17.6. The Balaban J connectivity index is 1.99. The molecule has 0 heterocycles. The minimum absolute atomic E-state index is 0.0515. The van der Waals surface area contributed by atoms with Gasteiger partial charge in [-0.15, -0.1) is 0 Å². The molecule has 0 aromatic heterocycles. The Bertz CT molecular complexity index is 1200. The molecule has 0 bridgehead atoms. The first-order valence-electron chi connectivity index (χ1n) is 9.19. The molecule has 1 amide bonds. The zero-order valence-corrected chi connectivity index (χ0v) is 19.1. The highest BCUT2D eigenvalue weighted by molar-refractivity contribution is 7.92. The van der Waals surface area contributed by atoms with Gasteiger partial charge in [0.15, 0.2) is 0 Å². The molecule has 0 saturated heterocycles. The molecule has 3 aromatic rings. The van der Waals surface area contributed by atoms with E-state index in [1.54, 1.807) is 42.5 Å². The molecule has 0 aliphatic heterocycles. The molecule has 6 nitrogen and oxygen atoms in total. The van der Waals surface area contributed by atoms with Crippen molar-refractivity contribution >= 4 is 50.5 Å². The monoisotopic (exact) mass is 478 g/mol. The van der Waals surface area contributed by atoms with E-state index in [2.05, 4.69) is 5.32 Å². The van der Waals surface area contributed by atoms with Gasteiger partial charge < -0.3 is 10.1 Å². The lowest BCUT2D eigenvalue weighted by Crippen LogP contribution is -2.38. The molecule has 3 aromatic carbocycles. The molecule has 1 N–H and O–H groups in total. The highest BCUT2D eigenvalue weighted by Crippen LogP contribution is 2.32. The Morgan fingerprint density at radius 3 is 2.29 bits per heavy atom. The predicted molar refractivity (Wildman–Crippen MR) is 124 cm³/mol. The lowest BCUT2D eigenvalue weighted by molar-refractivity contribution is -0.114. The molecule has 0 aliphatic carbocycles. The van der Waals surface area contributed by atoms with Crippen molar-refractivity contribution in [1.29, 1.82) is 0 Å². The molecule has 31 heavy (non-hydrogen) atoms. The number of sulfonamides is 1. The maximum Gasteiger partial charge on any atom is 0.264 e. The Kier molecular flexibility index (Phi) is 7.10. The number of halogens is 2. The predicted octanol–water partition coefficient (Wildman–Crippen LogP) is 5.14. The van der Waals surface area contributed by atoms with Gasteiger partial charge >= 0.3 is 0 Å². The topological polar surface area (TPSA) is 75.7 Å². The van der Waals surface area contributed by atoms with Gasteiger partial charge in [-0.05, 0) is 49.4 Å². The van der Waals surface area contributed by atoms with Gasteiger partial charge in [0.05, 0.1) is 33.4 Å². The van der Waals surface area contributed by atoms with Crippen LogP contribution in [0.15, 0.2) is 71.6 Å². The lowest BCUT2D eigenvalue weighted by atomic mass is 10.2. The summed E-state index contributed by atoms with van der Waals surface area (Å²) in [6.07, 6.45) is 0. The Morgan fingerprint density at radius 2 is 1.68 bits per heavy atom. The third-order valence-corrected chi connectivity index (χ3v) is 6.88. The van der Waals surface area contributed by atoms with Crippen LogP contribution in [0.1, 0.15) is 5.56 Å². The van der Waals surface area contributed by atoms with Crippen LogP contribution < -0.4 is 14.4 Å². The van der Waals surface area contributed by atoms with E-state index in [4.69, 9.17) is 27.9 Å². The summed E-state index contributed by atoms with van der Waals surface area (Å²) in [4.78, 5) is 12.8. The zero-order chi connectivity index (χ0) is 22.6. The zero-order valence-electron chi connectivity index (χ0n) is 16.8. The largest absolute Gasteiger partial charge is 0.495 e. The van der Waals surface area contributed by atoms with Crippen molar-refractivity contribution in [3.05, 3.63) is 82.3 Å². The molecular weight excluding hydrogens is 459 g/mol. The Morgan fingerprint density at radius 1 is 1.00 bits per heavy atom. The van der Waals surface area contributed by atoms with Crippen LogP contribution in [-0.2, 0) is 14.8 Å². The van der Waals surface area contributed by atoms with E-state index in [-0.39, 0.29) is 15.6 Å². The molecule has 0 fully saturated rings. The fourth-order valence-electron chi connectivity index (χ4n) is 2.85. The molecular formula is C22H20Cl2N2O4S. The van der Waals surface area contributed by atoms with E-state index in [0.29, 0.717) is 16.5 Å². The van der Waals surface area contributed by atoms with Crippen molar-refractivity contribution in [2.24, 2.45) is 0 Å². The third-order valence-electron chi connectivity index (χ3n) is 4.47. The summed E-state index contributed by atoms with van der Waals surface area (Å²) in [7, 11) is -2.61. The van der Waals surface area contributed by atoms with Crippen LogP contribution in [0.3, 0.4) is 0 Å². The molecule has 3 rings (SSSR count). The normalized spacial score (nSPS) is 11.1. The van der Waals surface area contributed by atoms with Gasteiger partial charge in [0.2, 0.25) is 5.91 Å². The molecule has 0 aliphatic rings. The van der Waals surface area contributed by atoms with E-state index in [9.17, 15) is 13.2 Å². The minimum atomic E-state index is -4.06. The maximum absolute atomic E-state index is 13.4. The number of carbonyl (C=O) groups excluding carboxylic acids is 1. The number of amides is 1. The highest BCUT2D eigenvalue weighted by Gasteiger charge is 2.28. The summed E-state index contributed by atoms with van der Waals surface area (Å²) in [6.45, 7) is 1.37. The van der Waals surface area contributed by atoms with E-state index < -0.39 is 22.5 Å². The quantitative estimate of drug-likeness (QED) is 0.509. The summed E-state index contributed by atoms with van der Waals surface area (Å²) >= 11 is 12.3. The van der Waals surface area contributed by atoms with Crippen LogP contribution in [0.4, 0.5) is 11.4 Å². The number of methoxy groups -OCH3 is 1. The number of anilines is 2. The van der Waals surface area contributed by atoms with Gasteiger partial charge in [-0.2, -0.15) is 0 Å². The number of nitrogens with zero attached hydrogens (tertiary/aromatic N) is 1. The van der Waals surface area contributed by atoms with E-state index >= 15 is 0 Å². The van der Waals surface area contributed by atoms with E-state index in [0.717, 1.165) is 9.87 Å². The van der Waals surface area contributed by atoms with Gasteiger partial charge in [-0.1, -0.05) is 53.0 Å². The lowest BCUT2D eigenvalue weighted by Gasteiger charge is -2.25. The third kappa shape index (κ3) is 5.31. The first kappa shape index (κ1) is 22.9. The van der Waals surface area contributed by atoms with Crippen molar-refractivity contribution in [3.8, 4) is 5.75 Å². The van der Waals surface area contributed by atoms with Crippen LogP contribution in [-0.4, -0.2) is 28.0 Å². The first-order chi connectivity index (χ1) is 14.7. The number of hydrogen-bond donors (Lipinski definition) is 1. The van der Waals surface area contributed by atoms with Gasteiger partial charge in [-0.25, -0.2) is 8.42 Å². The van der Waals surface area contributed by atoms with Crippen LogP contribution in [0, 0.1) is 6.92 Å². The van der Waals surface area contributed by atoms with Crippen molar-refractivity contribution in [3.63, 3.8) is 0 Å². The SMILES string of the molecule is COc1ccc(N(CC(=O)Nc2ccccc2Cl)S(=O)(=O)c2ccc(C)cc2)cc1Cl. The average Bonchev–Trinajstić information content (AvgIpc) is 2.74. The van der Waals surface area contributed by atoms with Gasteiger partial charge in [0, 0.05) is 0 Å². The van der Waals surface area contributed by atoms with E-state index in [1.807, 2.05) is 6.92 Å². The van der Waals surface area contributed by atoms with Gasteiger partial charge in [0.25, 0.3) is 10.0 Å².